The number of carbonyl (C=O) groups is 1. The third-order valence-corrected chi connectivity index (χ3v) is 4.68. The molecule has 0 saturated carbocycles. The van der Waals surface area contributed by atoms with Gasteiger partial charge in [-0.05, 0) is 49.2 Å². The number of ether oxygens (including phenoxy) is 2. The van der Waals surface area contributed by atoms with Crippen LogP contribution in [0.1, 0.15) is 12.8 Å². The van der Waals surface area contributed by atoms with Gasteiger partial charge in [0, 0.05) is 30.9 Å². The first-order valence-electron chi connectivity index (χ1n) is 8.89. The van der Waals surface area contributed by atoms with Gasteiger partial charge in [0.25, 0.3) is 0 Å². The van der Waals surface area contributed by atoms with Gasteiger partial charge in [0.1, 0.15) is 17.3 Å². The molecule has 1 aliphatic heterocycles. The maximum Gasteiger partial charge on any atom is 0.319 e. The van der Waals surface area contributed by atoms with Crippen LogP contribution in [0.2, 0.25) is 0 Å². The summed E-state index contributed by atoms with van der Waals surface area (Å²) in [4.78, 5) is 14.6. The van der Waals surface area contributed by atoms with Crippen LogP contribution < -0.4 is 25.0 Å². The van der Waals surface area contributed by atoms with Crippen LogP contribution in [0.3, 0.4) is 0 Å². The van der Waals surface area contributed by atoms with Crippen molar-refractivity contribution in [2.45, 2.75) is 18.9 Å². The van der Waals surface area contributed by atoms with E-state index in [9.17, 15) is 9.18 Å². The average molecular weight is 373 g/mol. The molecule has 0 unspecified atom stereocenters. The molecule has 27 heavy (non-hydrogen) atoms. The monoisotopic (exact) mass is 373 g/mol. The van der Waals surface area contributed by atoms with Crippen LogP contribution in [-0.2, 0) is 0 Å². The molecule has 7 heteroatoms. The number of amides is 2. The highest BCUT2D eigenvalue weighted by atomic mass is 19.1. The van der Waals surface area contributed by atoms with E-state index in [4.69, 9.17) is 9.47 Å². The van der Waals surface area contributed by atoms with E-state index in [1.807, 2.05) is 0 Å². The van der Waals surface area contributed by atoms with Gasteiger partial charge >= 0.3 is 6.03 Å². The van der Waals surface area contributed by atoms with E-state index >= 15 is 0 Å². The number of hydrogen-bond acceptors (Lipinski definition) is 4. The molecule has 0 bridgehead atoms. The van der Waals surface area contributed by atoms with Gasteiger partial charge in [-0.1, -0.05) is 0 Å². The Balaban J connectivity index is 1.53. The van der Waals surface area contributed by atoms with Crippen LogP contribution >= 0.6 is 0 Å². The van der Waals surface area contributed by atoms with Gasteiger partial charge in [0.15, 0.2) is 0 Å². The molecule has 1 fully saturated rings. The molecule has 0 radical (unpaired) electrons. The summed E-state index contributed by atoms with van der Waals surface area (Å²) in [5.74, 6) is 0.968. The van der Waals surface area contributed by atoms with Crippen molar-refractivity contribution in [3.8, 4) is 11.5 Å². The lowest BCUT2D eigenvalue weighted by atomic mass is 10.0. The maximum atomic E-state index is 13.1. The van der Waals surface area contributed by atoms with Crippen molar-refractivity contribution in [3.63, 3.8) is 0 Å². The number of nitrogens with one attached hydrogen (secondary N) is 2. The first-order valence-corrected chi connectivity index (χ1v) is 8.89. The first-order chi connectivity index (χ1) is 13.1. The Hall–Kier alpha value is -2.96. The summed E-state index contributed by atoms with van der Waals surface area (Å²) >= 11 is 0. The second-order valence-corrected chi connectivity index (χ2v) is 6.40. The second kappa shape index (κ2) is 8.62. The third kappa shape index (κ3) is 4.81. The molecule has 0 aliphatic carbocycles. The minimum Gasteiger partial charge on any atom is -0.497 e. The van der Waals surface area contributed by atoms with Crippen LogP contribution in [0.4, 0.5) is 20.6 Å². The normalized spacial score (nSPS) is 14.6. The van der Waals surface area contributed by atoms with E-state index < -0.39 is 0 Å². The Morgan fingerprint density at radius 1 is 1.07 bits per heavy atom. The number of benzene rings is 2. The summed E-state index contributed by atoms with van der Waals surface area (Å²) in [6.07, 6.45) is 1.64. The number of anilines is 2. The van der Waals surface area contributed by atoms with Gasteiger partial charge in [-0.3, -0.25) is 0 Å². The number of halogens is 1. The molecule has 6 nitrogen and oxygen atoms in total. The lowest BCUT2D eigenvalue weighted by Crippen LogP contribution is -2.46. The zero-order chi connectivity index (χ0) is 19.2. The lowest BCUT2D eigenvalue weighted by Gasteiger charge is -2.34. The summed E-state index contributed by atoms with van der Waals surface area (Å²) in [5.41, 5.74) is 1.55. The quantitative estimate of drug-likeness (QED) is 0.840. The molecule has 1 saturated heterocycles. The second-order valence-electron chi connectivity index (χ2n) is 6.40. The van der Waals surface area contributed by atoms with Crippen LogP contribution in [0, 0.1) is 5.82 Å². The number of piperidine rings is 1. The van der Waals surface area contributed by atoms with Gasteiger partial charge in [-0.25, -0.2) is 9.18 Å². The Labute approximate surface area is 158 Å². The molecule has 3 rings (SSSR count). The van der Waals surface area contributed by atoms with Crippen molar-refractivity contribution in [3.05, 3.63) is 48.3 Å². The molecule has 2 aromatic carbocycles. The number of urea groups is 1. The molecule has 144 valence electrons. The molecule has 2 aromatic rings. The molecule has 0 aromatic heterocycles. The fourth-order valence-corrected chi connectivity index (χ4v) is 3.19. The SMILES string of the molecule is COc1ccc(OC)c(NC(=O)NC2CCN(c3ccc(F)cc3)CC2)c1. The van der Waals surface area contributed by atoms with Crippen LogP contribution in [0.25, 0.3) is 0 Å². The van der Waals surface area contributed by atoms with Gasteiger partial charge < -0.3 is 25.0 Å². The molecule has 2 N–H and O–H groups in total. The number of nitrogens with zero attached hydrogens (tertiary/aromatic N) is 1. The zero-order valence-corrected chi connectivity index (χ0v) is 15.5. The fraction of sp³-hybridized carbons (Fsp3) is 0.350. The van der Waals surface area contributed by atoms with Crippen molar-refractivity contribution >= 4 is 17.4 Å². The molecule has 1 heterocycles. The molecular weight excluding hydrogens is 349 g/mol. The summed E-state index contributed by atoms with van der Waals surface area (Å²) in [6.45, 7) is 1.61. The van der Waals surface area contributed by atoms with E-state index in [1.165, 1.54) is 12.1 Å². The van der Waals surface area contributed by atoms with Gasteiger partial charge in [-0.2, -0.15) is 0 Å². The van der Waals surface area contributed by atoms with E-state index in [2.05, 4.69) is 15.5 Å². The van der Waals surface area contributed by atoms with Crippen molar-refractivity contribution in [2.24, 2.45) is 0 Å². The summed E-state index contributed by atoms with van der Waals surface area (Å²) in [6, 6.07) is 11.5. The van der Waals surface area contributed by atoms with Crippen molar-refractivity contribution < 1.29 is 18.7 Å². The minimum absolute atomic E-state index is 0.0818. The Bertz CT molecular complexity index is 775. The third-order valence-electron chi connectivity index (χ3n) is 4.68. The van der Waals surface area contributed by atoms with E-state index in [0.717, 1.165) is 31.6 Å². The van der Waals surface area contributed by atoms with E-state index in [0.29, 0.717) is 17.2 Å². The van der Waals surface area contributed by atoms with Gasteiger partial charge in [-0.15, -0.1) is 0 Å². The predicted molar refractivity (Wildman–Crippen MR) is 103 cm³/mol. The topological polar surface area (TPSA) is 62.8 Å². The van der Waals surface area contributed by atoms with E-state index in [1.54, 1.807) is 44.6 Å². The Kier molecular flexibility index (Phi) is 6.01. The summed E-state index contributed by atoms with van der Waals surface area (Å²) in [5, 5.41) is 5.83. The zero-order valence-electron chi connectivity index (χ0n) is 15.5. The number of rotatable bonds is 5. The average Bonchev–Trinajstić information content (AvgIpc) is 2.69. The number of carbonyl (C=O) groups excluding carboxylic acids is 1. The van der Waals surface area contributed by atoms with Crippen molar-refractivity contribution in [1.29, 1.82) is 0 Å². The highest BCUT2D eigenvalue weighted by Gasteiger charge is 2.21. The van der Waals surface area contributed by atoms with Crippen molar-refractivity contribution in [2.75, 3.05) is 37.5 Å². The van der Waals surface area contributed by atoms with Crippen LogP contribution in [-0.4, -0.2) is 39.4 Å². The van der Waals surface area contributed by atoms with Crippen LogP contribution in [0.5, 0.6) is 11.5 Å². The summed E-state index contributed by atoms with van der Waals surface area (Å²) < 4.78 is 23.5. The number of methoxy groups -OCH3 is 2. The predicted octanol–water partition coefficient (Wildman–Crippen LogP) is 3.63. The van der Waals surface area contributed by atoms with Gasteiger partial charge in [0.2, 0.25) is 0 Å². The maximum absolute atomic E-state index is 13.1. The van der Waals surface area contributed by atoms with E-state index in [-0.39, 0.29) is 17.9 Å². The largest absolute Gasteiger partial charge is 0.497 e. The minimum atomic E-state index is -0.276. The van der Waals surface area contributed by atoms with Crippen molar-refractivity contribution in [1.82, 2.24) is 5.32 Å². The molecule has 0 spiro atoms. The molecule has 2 amide bonds. The first kappa shape index (κ1) is 18.8. The molecule has 1 aliphatic rings. The van der Waals surface area contributed by atoms with Gasteiger partial charge in [0.05, 0.1) is 19.9 Å². The Morgan fingerprint density at radius 3 is 2.41 bits per heavy atom. The highest BCUT2D eigenvalue weighted by molar-refractivity contribution is 5.91. The summed E-state index contributed by atoms with van der Waals surface area (Å²) in [7, 11) is 3.12. The lowest BCUT2D eigenvalue weighted by molar-refractivity contribution is 0.246. The standard InChI is InChI=1S/C20H24FN3O3/c1-26-17-7-8-19(27-2)18(13-17)23-20(25)22-15-9-11-24(12-10-15)16-5-3-14(21)4-6-16/h3-8,13,15H,9-12H2,1-2H3,(H2,22,23,25). The Morgan fingerprint density at radius 2 is 1.78 bits per heavy atom. The van der Waals surface area contributed by atoms with Crippen LogP contribution in [0.15, 0.2) is 42.5 Å². The molecule has 0 atom stereocenters. The fourth-order valence-electron chi connectivity index (χ4n) is 3.19. The number of hydrogen-bond donors (Lipinski definition) is 2. The smallest absolute Gasteiger partial charge is 0.319 e. The highest BCUT2D eigenvalue weighted by Crippen LogP contribution is 2.29. The molecular formula is C20H24FN3O3.